The molecule has 12 heteroatoms. The van der Waals surface area contributed by atoms with E-state index in [0.717, 1.165) is 56.4 Å². The second kappa shape index (κ2) is 14.2. The Hall–Kier alpha value is -3.77. The van der Waals surface area contributed by atoms with Crippen LogP contribution < -0.4 is 16.5 Å². The molecule has 4 aliphatic rings. The number of phenols is 1. The van der Waals surface area contributed by atoms with E-state index in [1.165, 1.54) is 6.07 Å². The number of para-hydroxylation sites is 1. The Kier molecular flexibility index (Phi) is 9.98. The molecule has 0 spiro atoms. The van der Waals surface area contributed by atoms with Gasteiger partial charge in [-0.1, -0.05) is 35.8 Å². The van der Waals surface area contributed by atoms with Crippen molar-refractivity contribution in [3.63, 3.8) is 0 Å². The highest BCUT2D eigenvalue weighted by molar-refractivity contribution is 6.34. The minimum Gasteiger partial charge on any atom is -0.509 e. The van der Waals surface area contributed by atoms with E-state index in [2.05, 4.69) is 17.1 Å². The highest BCUT2D eigenvalue weighted by atomic mass is 16.6. The van der Waals surface area contributed by atoms with Gasteiger partial charge in [0.05, 0.1) is 0 Å². The number of urea groups is 1. The van der Waals surface area contributed by atoms with Crippen molar-refractivity contribution >= 4 is 37.0 Å². The minimum atomic E-state index is -1.02. The molecule has 2 aromatic carbocycles. The summed E-state index contributed by atoms with van der Waals surface area (Å²) in [6, 6.07) is 13.0. The van der Waals surface area contributed by atoms with Gasteiger partial charge in [0.15, 0.2) is 6.10 Å². The molecule has 0 aromatic heterocycles. The maximum absolute atomic E-state index is 13.9. The number of benzene rings is 2. The van der Waals surface area contributed by atoms with Crippen LogP contribution in [-0.2, 0) is 22.4 Å². The summed E-state index contributed by atoms with van der Waals surface area (Å²) >= 11 is 0. The molecule has 3 fully saturated rings. The number of rotatable bonds is 6. The van der Waals surface area contributed by atoms with Crippen molar-refractivity contribution in [2.45, 2.75) is 82.0 Å². The zero-order valence-electron chi connectivity index (χ0n) is 27.4. The fourth-order valence-electron chi connectivity index (χ4n) is 7.47. The molecular weight excluding hydrogens is 595 g/mol. The number of phenolic OH excluding ortho intramolecular Hbond substituents is 1. The maximum atomic E-state index is 13.9. The smallest absolute Gasteiger partial charge is 0.410 e. The molecule has 4 amide bonds. The van der Waals surface area contributed by atoms with Gasteiger partial charge in [0.1, 0.15) is 13.6 Å². The third-order valence-corrected chi connectivity index (χ3v) is 10.6. The van der Waals surface area contributed by atoms with Gasteiger partial charge in [0.2, 0.25) is 0 Å². The molecule has 2 aromatic rings. The van der Waals surface area contributed by atoms with E-state index >= 15 is 0 Å². The number of carbonyl (C=O) groups excluding carboxylic acids is 3. The highest BCUT2D eigenvalue weighted by Gasteiger charge is 2.37. The molecule has 250 valence electrons. The van der Waals surface area contributed by atoms with Crippen LogP contribution in [0.5, 0.6) is 5.75 Å². The SMILES string of the molecule is [B]c1cc(C[C@@H](OC(=O)N2CCC(N3CCc4ccccc4NC3=O)CC2)C(=O)N2CCC(N3CCC(C)(N)CC3)CC2)ccc1O. The number of amides is 4. The van der Waals surface area contributed by atoms with Gasteiger partial charge in [-0.25, -0.2) is 9.59 Å². The Morgan fingerprint density at radius 1 is 0.979 bits per heavy atom. The Morgan fingerprint density at radius 2 is 1.64 bits per heavy atom. The van der Waals surface area contributed by atoms with Crippen molar-refractivity contribution in [2.24, 2.45) is 5.73 Å². The average Bonchev–Trinajstić information content (AvgIpc) is 3.24. The third-order valence-electron chi connectivity index (χ3n) is 10.6. The predicted octanol–water partition coefficient (Wildman–Crippen LogP) is 2.59. The van der Waals surface area contributed by atoms with Crippen LogP contribution in [0.15, 0.2) is 42.5 Å². The Balaban J connectivity index is 1.06. The van der Waals surface area contributed by atoms with Crippen molar-refractivity contribution < 1.29 is 24.2 Å². The first-order chi connectivity index (χ1) is 22.6. The fourth-order valence-corrected chi connectivity index (χ4v) is 7.47. The highest BCUT2D eigenvalue weighted by Crippen LogP contribution is 2.27. The number of likely N-dealkylation sites (tertiary alicyclic amines) is 3. The number of ether oxygens (including phenoxy) is 1. The monoisotopic (exact) mass is 642 g/mol. The zero-order valence-corrected chi connectivity index (χ0v) is 27.4. The first-order valence-corrected chi connectivity index (χ1v) is 17.1. The molecule has 3 saturated heterocycles. The Bertz CT molecular complexity index is 1450. The average molecular weight is 643 g/mol. The van der Waals surface area contributed by atoms with E-state index in [0.29, 0.717) is 57.2 Å². The first kappa shape index (κ1) is 33.1. The van der Waals surface area contributed by atoms with E-state index in [9.17, 15) is 19.5 Å². The number of anilines is 1. The second-order valence-electron chi connectivity index (χ2n) is 14.0. The molecule has 47 heavy (non-hydrogen) atoms. The lowest BCUT2D eigenvalue weighted by Gasteiger charge is -2.44. The van der Waals surface area contributed by atoms with Crippen LogP contribution in [0.3, 0.4) is 0 Å². The molecule has 0 saturated carbocycles. The topological polar surface area (TPSA) is 132 Å². The minimum absolute atomic E-state index is 0.00515. The standard InChI is InChI=1S/C35H47BN6O5/c1-35(37)13-20-39(21-14-35)26-9-15-40(16-10-26)32(44)31(23-24-6-7-30(43)28(36)22-24)47-34(46)41-17-11-27(12-18-41)42-19-8-25-4-2-3-5-29(25)38-33(42)45/h2-7,22,26-27,31,43H,8-21,23,37H2,1H3,(H,38,45)/t31-/m1/s1. The summed E-state index contributed by atoms with van der Waals surface area (Å²) < 4.78 is 5.98. The molecule has 11 nitrogen and oxygen atoms in total. The van der Waals surface area contributed by atoms with Gasteiger partial charge in [-0.15, -0.1) is 0 Å². The molecule has 0 bridgehead atoms. The van der Waals surface area contributed by atoms with Gasteiger partial charge in [-0.05, 0) is 75.1 Å². The summed E-state index contributed by atoms with van der Waals surface area (Å²) in [6.07, 6.45) is 4.28. The Labute approximate surface area is 278 Å². The number of nitrogens with one attached hydrogen (secondary N) is 1. The lowest BCUT2D eigenvalue weighted by molar-refractivity contribution is -0.142. The number of fused-ring (bicyclic) bond motifs is 1. The summed E-state index contributed by atoms with van der Waals surface area (Å²) in [4.78, 5) is 48.4. The normalized spacial score (nSPS) is 21.8. The van der Waals surface area contributed by atoms with Gasteiger partial charge in [-0.2, -0.15) is 0 Å². The van der Waals surface area contributed by atoms with Crippen LogP contribution in [0, 0.1) is 0 Å². The number of hydrogen-bond donors (Lipinski definition) is 3. The first-order valence-electron chi connectivity index (χ1n) is 17.1. The van der Waals surface area contributed by atoms with Gasteiger partial charge >= 0.3 is 12.1 Å². The van der Waals surface area contributed by atoms with Crippen LogP contribution in [-0.4, -0.2) is 120 Å². The molecule has 4 N–H and O–H groups in total. The summed E-state index contributed by atoms with van der Waals surface area (Å²) in [7, 11) is 5.95. The van der Waals surface area contributed by atoms with Crippen LogP contribution in [0.25, 0.3) is 0 Å². The zero-order chi connectivity index (χ0) is 33.1. The lowest BCUT2D eigenvalue weighted by atomic mass is 9.89. The summed E-state index contributed by atoms with van der Waals surface area (Å²) in [5.41, 5.74) is 9.11. The molecule has 1 atom stereocenters. The lowest BCUT2D eigenvalue weighted by Crippen LogP contribution is -2.55. The number of hydrogen-bond acceptors (Lipinski definition) is 7. The number of nitrogens with two attached hydrogens (primary N) is 1. The molecule has 0 unspecified atom stereocenters. The van der Waals surface area contributed by atoms with Crippen LogP contribution in [0.4, 0.5) is 15.3 Å². The van der Waals surface area contributed by atoms with E-state index < -0.39 is 12.2 Å². The molecular formula is C35H47BN6O5. The van der Waals surface area contributed by atoms with Crippen LogP contribution in [0.1, 0.15) is 56.6 Å². The summed E-state index contributed by atoms with van der Waals surface area (Å²) in [5.74, 6) is -0.250. The number of carbonyl (C=O) groups is 3. The van der Waals surface area contributed by atoms with E-state index in [1.807, 2.05) is 34.1 Å². The molecule has 6 rings (SSSR count). The Morgan fingerprint density at radius 3 is 2.34 bits per heavy atom. The summed E-state index contributed by atoms with van der Waals surface area (Å²) in [6.45, 7) is 6.72. The van der Waals surface area contributed by atoms with Crippen LogP contribution >= 0.6 is 0 Å². The number of piperidine rings is 3. The van der Waals surface area contributed by atoms with Crippen LogP contribution in [0.2, 0.25) is 0 Å². The van der Waals surface area contributed by atoms with E-state index in [1.54, 1.807) is 17.0 Å². The van der Waals surface area contributed by atoms with E-state index in [4.69, 9.17) is 18.3 Å². The third kappa shape index (κ3) is 7.87. The van der Waals surface area contributed by atoms with Crippen molar-refractivity contribution in [1.29, 1.82) is 0 Å². The van der Waals surface area contributed by atoms with Gasteiger partial charge in [-0.3, -0.25) is 4.79 Å². The molecule has 2 radical (unpaired) electrons. The van der Waals surface area contributed by atoms with Crippen molar-refractivity contribution in [3.05, 3.63) is 53.6 Å². The van der Waals surface area contributed by atoms with E-state index in [-0.39, 0.29) is 41.2 Å². The predicted molar refractivity (Wildman–Crippen MR) is 181 cm³/mol. The molecule has 0 aliphatic carbocycles. The largest absolute Gasteiger partial charge is 0.509 e. The summed E-state index contributed by atoms with van der Waals surface area (Å²) in [5, 5.41) is 13.0. The van der Waals surface area contributed by atoms with Gasteiger partial charge in [0.25, 0.3) is 5.91 Å². The van der Waals surface area contributed by atoms with Gasteiger partial charge in [0, 0.05) is 75.5 Å². The molecule has 4 heterocycles. The fraction of sp³-hybridized carbons (Fsp3) is 0.571. The van der Waals surface area contributed by atoms with Crippen molar-refractivity contribution in [1.82, 2.24) is 19.6 Å². The van der Waals surface area contributed by atoms with Crippen molar-refractivity contribution in [2.75, 3.05) is 51.1 Å². The number of aromatic hydroxyl groups is 1. The molecule has 4 aliphatic heterocycles. The van der Waals surface area contributed by atoms with Crippen molar-refractivity contribution in [3.8, 4) is 5.75 Å². The quantitative estimate of drug-likeness (QED) is 0.413. The number of nitrogens with zero attached hydrogens (tertiary/aromatic N) is 4. The van der Waals surface area contributed by atoms with Gasteiger partial charge < -0.3 is 40.5 Å². The maximum Gasteiger partial charge on any atom is 0.410 e. The second-order valence-corrected chi connectivity index (χ2v) is 14.0.